The molecule has 1 saturated heterocycles. The monoisotopic (exact) mass is 182 g/mol. The van der Waals surface area contributed by atoms with Crippen LogP contribution in [0.3, 0.4) is 0 Å². The van der Waals surface area contributed by atoms with Crippen molar-refractivity contribution in [3.63, 3.8) is 0 Å². The molecule has 2 nitrogen and oxygen atoms in total. The highest BCUT2D eigenvalue weighted by Gasteiger charge is 2.21. The fourth-order valence-electron chi connectivity index (χ4n) is 1.88. The van der Waals surface area contributed by atoms with Crippen LogP contribution in [0.1, 0.15) is 26.7 Å². The van der Waals surface area contributed by atoms with Crippen molar-refractivity contribution < 1.29 is 0 Å². The zero-order valence-electron chi connectivity index (χ0n) is 8.87. The van der Waals surface area contributed by atoms with Gasteiger partial charge in [-0.2, -0.15) is 0 Å². The molecule has 0 aromatic rings. The Bertz CT molecular complexity index is 165. The minimum atomic E-state index is 0.429. The lowest BCUT2D eigenvalue weighted by molar-refractivity contribution is 0.167. The molecule has 0 aliphatic carbocycles. The van der Waals surface area contributed by atoms with Gasteiger partial charge < -0.3 is 10.6 Å². The average Bonchev–Trinajstić information content (AvgIpc) is 2.12. The third-order valence-corrected chi connectivity index (χ3v) is 2.90. The molecule has 0 saturated carbocycles. The first-order valence-corrected chi connectivity index (χ1v) is 5.33. The Morgan fingerprint density at radius 1 is 1.54 bits per heavy atom. The molecule has 0 radical (unpaired) electrons. The molecular formula is C11H22N2. The second kappa shape index (κ2) is 5.40. The first-order chi connectivity index (χ1) is 6.24. The van der Waals surface area contributed by atoms with Crippen LogP contribution in [-0.2, 0) is 0 Å². The van der Waals surface area contributed by atoms with E-state index in [9.17, 15) is 0 Å². The second-order valence-electron chi connectivity index (χ2n) is 4.09. The molecule has 1 fully saturated rings. The van der Waals surface area contributed by atoms with E-state index in [1.807, 2.05) is 0 Å². The summed E-state index contributed by atoms with van der Waals surface area (Å²) in [5, 5.41) is 0. The van der Waals surface area contributed by atoms with Gasteiger partial charge in [-0.15, -0.1) is 0 Å². The van der Waals surface area contributed by atoms with Crippen LogP contribution < -0.4 is 5.73 Å². The summed E-state index contributed by atoms with van der Waals surface area (Å²) in [6, 6.07) is 0.429. The van der Waals surface area contributed by atoms with Crippen LogP contribution in [0.25, 0.3) is 0 Å². The lowest BCUT2D eigenvalue weighted by atomic mass is 9.95. The number of allylic oxidation sites excluding steroid dienone is 1. The first-order valence-electron chi connectivity index (χ1n) is 5.33. The van der Waals surface area contributed by atoms with Gasteiger partial charge in [0, 0.05) is 19.1 Å². The van der Waals surface area contributed by atoms with Gasteiger partial charge in [0.2, 0.25) is 0 Å². The van der Waals surface area contributed by atoms with Crippen molar-refractivity contribution >= 4 is 0 Å². The zero-order valence-corrected chi connectivity index (χ0v) is 8.87. The maximum atomic E-state index is 5.95. The van der Waals surface area contributed by atoms with Gasteiger partial charge in [0.25, 0.3) is 0 Å². The molecule has 2 N–H and O–H groups in total. The van der Waals surface area contributed by atoms with E-state index in [4.69, 9.17) is 5.73 Å². The van der Waals surface area contributed by atoms with Crippen molar-refractivity contribution in [2.45, 2.75) is 32.7 Å². The SMILES string of the molecule is C/C=C/CCN1CCC(N)C(C)C1. The van der Waals surface area contributed by atoms with E-state index >= 15 is 0 Å². The standard InChI is InChI=1S/C11H22N2/c1-3-4-5-7-13-8-6-11(12)10(2)9-13/h3-4,10-11H,5-9,12H2,1-2H3/b4-3+. The first kappa shape index (κ1) is 10.7. The molecule has 0 amide bonds. The topological polar surface area (TPSA) is 29.3 Å². The van der Waals surface area contributed by atoms with Crippen molar-refractivity contribution in [1.29, 1.82) is 0 Å². The number of nitrogens with zero attached hydrogens (tertiary/aromatic N) is 1. The fourth-order valence-corrected chi connectivity index (χ4v) is 1.88. The molecule has 1 heterocycles. The fraction of sp³-hybridized carbons (Fsp3) is 0.818. The van der Waals surface area contributed by atoms with Crippen LogP contribution in [0.4, 0.5) is 0 Å². The Labute approximate surface area is 81.8 Å². The molecule has 0 aromatic heterocycles. The summed E-state index contributed by atoms with van der Waals surface area (Å²) < 4.78 is 0. The van der Waals surface area contributed by atoms with Crippen molar-refractivity contribution in [3.8, 4) is 0 Å². The quantitative estimate of drug-likeness (QED) is 0.672. The molecule has 1 aliphatic rings. The Kier molecular flexibility index (Phi) is 4.46. The Balaban J connectivity index is 2.21. The summed E-state index contributed by atoms with van der Waals surface area (Å²) in [6.45, 7) is 7.89. The second-order valence-corrected chi connectivity index (χ2v) is 4.09. The maximum absolute atomic E-state index is 5.95. The molecule has 1 rings (SSSR count). The van der Waals surface area contributed by atoms with Gasteiger partial charge in [-0.25, -0.2) is 0 Å². The maximum Gasteiger partial charge on any atom is 0.00889 e. The van der Waals surface area contributed by atoms with E-state index in [-0.39, 0.29) is 0 Å². The summed E-state index contributed by atoms with van der Waals surface area (Å²) >= 11 is 0. The highest BCUT2D eigenvalue weighted by atomic mass is 15.1. The van der Waals surface area contributed by atoms with E-state index in [1.165, 1.54) is 26.1 Å². The lowest BCUT2D eigenvalue weighted by Crippen LogP contribution is -2.45. The number of rotatable bonds is 3. The molecule has 13 heavy (non-hydrogen) atoms. The summed E-state index contributed by atoms with van der Waals surface area (Å²) in [7, 11) is 0. The lowest BCUT2D eigenvalue weighted by Gasteiger charge is -2.34. The molecule has 1 aliphatic heterocycles. The van der Waals surface area contributed by atoms with Gasteiger partial charge >= 0.3 is 0 Å². The molecule has 2 unspecified atom stereocenters. The van der Waals surface area contributed by atoms with Crippen molar-refractivity contribution in [2.24, 2.45) is 11.7 Å². The smallest absolute Gasteiger partial charge is 0.00889 e. The van der Waals surface area contributed by atoms with Gasteiger partial charge in [0.05, 0.1) is 0 Å². The van der Waals surface area contributed by atoms with Crippen molar-refractivity contribution in [1.82, 2.24) is 4.90 Å². The number of nitrogens with two attached hydrogens (primary N) is 1. The number of likely N-dealkylation sites (tertiary alicyclic amines) is 1. The van der Waals surface area contributed by atoms with Gasteiger partial charge in [-0.3, -0.25) is 0 Å². The normalized spacial score (nSPS) is 31.3. The van der Waals surface area contributed by atoms with Gasteiger partial charge in [-0.1, -0.05) is 19.1 Å². The van der Waals surface area contributed by atoms with Crippen LogP contribution in [0.2, 0.25) is 0 Å². The zero-order chi connectivity index (χ0) is 9.68. The predicted octanol–water partition coefficient (Wildman–Crippen LogP) is 1.62. The molecule has 0 spiro atoms. The molecule has 0 bridgehead atoms. The summed E-state index contributed by atoms with van der Waals surface area (Å²) in [6.07, 6.45) is 6.70. The van der Waals surface area contributed by atoms with E-state index in [1.54, 1.807) is 0 Å². The summed E-state index contributed by atoms with van der Waals surface area (Å²) in [5.41, 5.74) is 5.95. The van der Waals surface area contributed by atoms with Crippen LogP contribution in [0.5, 0.6) is 0 Å². The van der Waals surface area contributed by atoms with Gasteiger partial charge in [0.1, 0.15) is 0 Å². The van der Waals surface area contributed by atoms with Crippen molar-refractivity contribution in [3.05, 3.63) is 12.2 Å². The van der Waals surface area contributed by atoms with E-state index in [0.717, 1.165) is 6.42 Å². The average molecular weight is 182 g/mol. The van der Waals surface area contributed by atoms with E-state index < -0.39 is 0 Å². The predicted molar refractivity (Wildman–Crippen MR) is 57.6 cm³/mol. The van der Waals surface area contributed by atoms with Crippen LogP contribution >= 0.6 is 0 Å². The van der Waals surface area contributed by atoms with Crippen LogP contribution in [0, 0.1) is 5.92 Å². The number of hydrogen-bond acceptors (Lipinski definition) is 2. The van der Waals surface area contributed by atoms with Crippen LogP contribution in [-0.4, -0.2) is 30.6 Å². The minimum Gasteiger partial charge on any atom is -0.327 e. The third kappa shape index (κ3) is 3.49. The molecular weight excluding hydrogens is 160 g/mol. The molecule has 0 aromatic carbocycles. The Morgan fingerprint density at radius 3 is 2.92 bits per heavy atom. The summed E-state index contributed by atoms with van der Waals surface area (Å²) in [4.78, 5) is 2.52. The highest BCUT2D eigenvalue weighted by molar-refractivity contribution is 4.83. The molecule has 76 valence electrons. The number of hydrogen-bond donors (Lipinski definition) is 1. The van der Waals surface area contributed by atoms with Crippen molar-refractivity contribution in [2.75, 3.05) is 19.6 Å². The number of piperidine rings is 1. The van der Waals surface area contributed by atoms with E-state index in [0.29, 0.717) is 12.0 Å². The van der Waals surface area contributed by atoms with E-state index in [2.05, 4.69) is 30.9 Å². The van der Waals surface area contributed by atoms with Gasteiger partial charge in [0.15, 0.2) is 0 Å². The molecule has 2 atom stereocenters. The Hall–Kier alpha value is -0.340. The highest BCUT2D eigenvalue weighted by Crippen LogP contribution is 2.14. The molecule has 2 heteroatoms. The van der Waals surface area contributed by atoms with Gasteiger partial charge in [-0.05, 0) is 32.2 Å². The van der Waals surface area contributed by atoms with Crippen LogP contribution in [0.15, 0.2) is 12.2 Å². The minimum absolute atomic E-state index is 0.429. The summed E-state index contributed by atoms with van der Waals surface area (Å²) in [5.74, 6) is 0.666. The largest absolute Gasteiger partial charge is 0.327 e. The Morgan fingerprint density at radius 2 is 2.31 bits per heavy atom. The third-order valence-electron chi connectivity index (χ3n) is 2.90.